The summed E-state index contributed by atoms with van der Waals surface area (Å²) in [4.78, 5) is 6.87. The zero-order valence-electron chi connectivity index (χ0n) is 19.9. The molecule has 1 heterocycles. The van der Waals surface area contributed by atoms with Gasteiger partial charge in [0.2, 0.25) is 0 Å². The Hall–Kier alpha value is -1.88. The van der Waals surface area contributed by atoms with Crippen LogP contribution in [0.1, 0.15) is 29.7 Å². The molecule has 3 rings (SSSR count). The largest absolute Gasteiger partial charge is 0.497 e. The fraction of sp³-hybridized carbons (Fsp3) is 0.480. The smallest absolute Gasteiger partial charge is 0.191 e. The highest BCUT2D eigenvalue weighted by atomic mass is 127. The van der Waals surface area contributed by atoms with Crippen LogP contribution in [0.15, 0.2) is 53.5 Å². The van der Waals surface area contributed by atoms with E-state index in [-0.39, 0.29) is 30.0 Å². The van der Waals surface area contributed by atoms with Crippen molar-refractivity contribution in [2.45, 2.75) is 26.1 Å². The van der Waals surface area contributed by atoms with E-state index in [1.807, 2.05) is 19.1 Å². The molecule has 2 aromatic carbocycles. The summed E-state index contributed by atoms with van der Waals surface area (Å²) in [6.07, 6.45) is 0. The van der Waals surface area contributed by atoms with Crippen LogP contribution in [0.25, 0.3) is 0 Å². The summed E-state index contributed by atoms with van der Waals surface area (Å²) in [6.45, 7) is 8.21. The van der Waals surface area contributed by atoms with Crippen LogP contribution in [-0.2, 0) is 22.6 Å². The maximum Gasteiger partial charge on any atom is 0.191 e. The highest BCUT2D eigenvalue weighted by Crippen LogP contribution is 2.23. The van der Waals surface area contributed by atoms with Crippen molar-refractivity contribution >= 4 is 29.9 Å². The summed E-state index contributed by atoms with van der Waals surface area (Å²) >= 11 is 0. The number of aliphatic imine (C=N–C) groups is 1. The fourth-order valence-corrected chi connectivity index (χ4v) is 3.75. The first kappa shape index (κ1) is 27.4. The van der Waals surface area contributed by atoms with E-state index >= 15 is 0 Å². The van der Waals surface area contributed by atoms with Crippen molar-refractivity contribution in [1.82, 2.24) is 15.5 Å². The minimum atomic E-state index is 0. The number of rotatable bonds is 10. The molecule has 1 fully saturated rings. The molecule has 7 nitrogen and oxygen atoms in total. The van der Waals surface area contributed by atoms with Crippen LogP contribution in [0, 0.1) is 0 Å². The lowest BCUT2D eigenvalue weighted by molar-refractivity contribution is 0.0170. The van der Waals surface area contributed by atoms with Gasteiger partial charge in [0.15, 0.2) is 5.96 Å². The normalized spacial score (nSPS) is 15.4. The second-order valence-electron chi connectivity index (χ2n) is 7.70. The summed E-state index contributed by atoms with van der Waals surface area (Å²) in [7, 11) is 3.50. The lowest BCUT2D eigenvalue weighted by Gasteiger charge is -2.35. The number of benzene rings is 2. The molecule has 1 saturated heterocycles. The molecule has 0 spiro atoms. The zero-order chi connectivity index (χ0) is 22.6. The molecule has 2 N–H and O–H groups in total. The molecule has 1 aliphatic rings. The Morgan fingerprint density at radius 1 is 1.03 bits per heavy atom. The molecule has 2 aromatic rings. The number of hydrogen-bond acceptors (Lipinski definition) is 5. The van der Waals surface area contributed by atoms with Crippen molar-refractivity contribution in [1.29, 1.82) is 0 Å². The van der Waals surface area contributed by atoms with Crippen LogP contribution in [0.4, 0.5) is 0 Å². The minimum Gasteiger partial charge on any atom is -0.497 e. The minimum absolute atomic E-state index is 0. The predicted molar refractivity (Wildman–Crippen MR) is 144 cm³/mol. The number of hydrogen-bond donors (Lipinski definition) is 2. The molecule has 8 heteroatoms. The summed E-state index contributed by atoms with van der Waals surface area (Å²) in [5.74, 6) is 1.65. The van der Waals surface area contributed by atoms with E-state index in [2.05, 4.69) is 56.9 Å². The maximum absolute atomic E-state index is 5.56. The molecule has 0 amide bonds. The molecular formula is C25H37IN4O3. The van der Waals surface area contributed by atoms with Gasteiger partial charge in [-0.05, 0) is 35.7 Å². The molecule has 0 radical (unpaired) electrons. The molecule has 0 saturated carbocycles. The fourth-order valence-electron chi connectivity index (χ4n) is 3.75. The van der Waals surface area contributed by atoms with Crippen LogP contribution in [0.5, 0.6) is 5.75 Å². The number of halogens is 1. The Balaban J connectivity index is 0.00000385. The van der Waals surface area contributed by atoms with Gasteiger partial charge in [0.1, 0.15) is 5.75 Å². The molecule has 0 bridgehead atoms. The second kappa shape index (κ2) is 15.1. The third-order valence-corrected chi connectivity index (χ3v) is 5.63. The lowest BCUT2D eigenvalue weighted by atomic mass is 10.0. The van der Waals surface area contributed by atoms with Gasteiger partial charge in [-0.2, -0.15) is 0 Å². The van der Waals surface area contributed by atoms with Crippen LogP contribution < -0.4 is 15.4 Å². The van der Waals surface area contributed by atoms with Gasteiger partial charge in [-0.3, -0.25) is 9.89 Å². The van der Waals surface area contributed by atoms with Gasteiger partial charge < -0.3 is 24.8 Å². The Kier molecular flexibility index (Phi) is 12.5. The number of nitrogens with one attached hydrogen (secondary N) is 2. The number of morpholine rings is 1. The Morgan fingerprint density at radius 2 is 1.70 bits per heavy atom. The van der Waals surface area contributed by atoms with Gasteiger partial charge in [-0.25, -0.2) is 0 Å². The number of guanidine groups is 1. The summed E-state index contributed by atoms with van der Waals surface area (Å²) in [5.41, 5.74) is 3.64. The number of methoxy groups -OCH3 is 1. The van der Waals surface area contributed by atoms with E-state index in [1.54, 1.807) is 14.2 Å². The topological polar surface area (TPSA) is 67.3 Å². The van der Waals surface area contributed by atoms with E-state index in [4.69, 9.17) is 14.2 Å². The summed E-state index contributed by atoms with van der Waals surface area (Å²) < 4.78 is 16.4. The third kappa shape index (κ3) is 8.77. The molecule has 0 aromatic heterocycles. The van der Waals surface area contributed by atoms with Gasteiger partial charge in [0.05, 0.1) is 33.0 Å². The van der Waals surface area contributed by atoms with Crippen molar-refractivity contribution in [3.63, 3.8) is 0 Å². The van der Waals surface area contributed by atoms with Crippen LogP contribution >= 0.6 is 24.0 Å². The van der Waals surface area contributed by atoms with Gasteiger partial charge in [-0.1, -0.05) is 36.4 Å². The van der Waals surface area contributed by atoms with E-state index in [0.717, 1.165) is 51.2 Å². The zero-order valence-corrected chi connectivity index (χ0v) is 22.2. The molecule has 1 atom stereocenters. The van der Waals surface area contributed by atoms with Gasteiger partial charge in [-0.15, -0.1) is 24.0 Å². The predicted octanol–water partition coefficient (Wildman–Crippen LogP) is 3.59. The molecule has 182 valence electrons. The van der Waals surface area contributed by atoms with E-state index in [9.17, 15) is 0 Å². The Morgan fingerprint density at radius 3 is 2.30 bits per heavy atom. The SMILES string of the molecule is CCOCc1ccc(CNC(=NC)NCC(c2ccc(OC)cc2)N2CCOCC2)cc1.I. The molecule has 33 heavy (non-hydrogen) atoms. The Bertz CT molecular complexity index is 825. The van der Waals surface area contributed by atoms with Crippen LogP contribution in [0.3, 0.4) is 0 Å². The van der Waals surface area contributed by atoms with Crippen molar-refractivity contribution in [3.8, 4) is 5.75 Å². The van der Waals surface area contributed by atoms with E-state index < -0.39 is 0 Å². The molecule has 1 unspecified atom stereocenters. The quantitative estimate of drug-likeness (QED) is 0.260. The first-order valence-corrected chi connectivity index (χ1v) is 11.3. The van der Waals surface area contributed by atoms with Gasteiger partial charge in [0.25, 0.3) is 0 Å². The standard InChI is InChI=1S/C25H36N4O3.HI/c1-4-31-19-21-7-5-20(6-8-21)17-27-25(26-2)28-18-24(29-13-15-32-16-14-29)22-9-11-23(30-3)12-10-22;/h5-12,24H,4,13-19H2,1-3H3,(H2,26,27,28);1H. The number of ether oxygens (including phenoxy) is 3. The van der Waals surface area contributed by atoms with E-state index in [1.165, 1.54) is 16.7 Å². The monoisotopic (exact) mass is 568 g/mol. The summed E-state index contributed by atoms with van der Waals surface area (Å²) in [5, 5.41) is 6.93. The number of nitrogens with zero attached hydrogens (tertiary/aromatic N) is 2. The molecular weight excluding hydrogens is 531 g/mol. The highest BCUT2D eigenvalue weighted by Gasteiger charge is 2.23. The lowest BCUT2D eigenvalue weighted by Crippen LogP contribution is -2.46. The van der Waals surface area contributed by atoms with Gasteiger partial charge >= 0.3 is 0 Å². The van der Waals surface area contributed by atoms with Gasteiger partial charge in [0, 0.05) is 39.8 Å². The van der Waals surface area contributed by atoms with Crippen molar-refractivity contribution in [2.75, 3.05) is 53.6 Å². The highest BCUT2D eigenvalue weighted by molar-refractivity contribution is 14.0. The second-order valence-corrected chi connectivity index (χ2v) is 7.70. The maximum atomic E-state index is 5.56. The van der Waals surface area contributed by atoms with E-state index in [0.29, 0.717) is 13.2 Å². The average molecular weight is 569 g/mol. The molecule has 1 aliphatic heterocycles. The van der Waals surface area contributed by atoms with Crippen LogP contribution in [0.2, 0.25) is 0 Å². The third-order valence-electron chi connectivity index (χ3n) is 5.63. The molecule has 0 aliphatic carbocycles. The first-order chi connectivity index (χ1) is 15.7. The van der Waals surface area contributed by atoms with Crippen molar-refractivity contribution < 1.29 is 14.2 Å². The van der Waals surface area contributed by atoms with Crippen molar-refractivity contribution in [3.05, 3.63) is 65.2 Å². The van der Waals surface area contributed by atoms with Crippen molar-refractivity contribution in [2.24, 2.45) is 4.99 Å². The first-order valence-electron chi connectivity index (χ1n) is 11.3. The average Bonchev–Trinajstić information content (AvgIpc) is 2.86. The summed E-state index contributed by atoms with van der Waals surface area (Å²) in [6, 6.07) is 17.0. The van der Waals surface area contributed by atoms with Crippen LogP contribution in [-0.4, -0.2) is 64.5 Å². The Labute approximate surface area is 214 Å².